The highest BCUT2D eigenvalue weighted by Crippen LogP contribution is 2.20. The summed E-state index contributed by atoms with van der Waals surface area (Å²) in [5.74, 6) is -2.71. The Balaban J connectivity index is 2.49. The Morgan fingerprint density at radius 3 is 2.69 bits per heavy atom. The Kier molecular flexibility index (Phi) is 2.32. The molecule has 0 N–H and O–H groups in total. The zero-order valence-corrected chi connectivity index (χ0v) is 5.99. The highest BCUT2D eigenvalue weighted by Gasteiger charge is 2.40. The van der Waals surface area contributed by atoms with Crippen LogP contribution in [-0.4, -0.2) is 31.1 Å². The minimum atomic E-state index is -4.50. The standard InChI is InChI=1S/C5H4F2O6/c6-5(7,3(8)9)13-2-1-11-4(10)12-2/h2H,1H2,(H,8,9)/p-1. The van der Waals surface area contributed by atoms with Crippen LogP contribution in [0.25, 0.3) is 0 Å². The molecule has 1 rings (SSSR count). The van der Waals surface area contributed by atoms with Crippen LogP contribution in [0, 0.1) is 0 Å². The number of carboxylic acids is 1. The first-order valence-electron chi connectivity index (χ1n) is 3.02. The zero-order chi connectivity index (χ0) is 10.1. The van der Waals surface area contributed by atoms with E-state index in [0.29, 0.717) is 0 Å². The van der Waals surface area contributed by atoms with Gasteiger partial charge in [-0.3, -0.25) is 4.74 Å². The van der Waals surface area contributed by atoms with Crippen LogP contribution in [0.5, 0.6) is 0 Å². The maximum Gasteiger partial charge on any atom is 0.510 e. The number of rotatable bonds is 3. The molecule has 8 heteroatoms. The Morgan fingerprint density at radius 2 is 2.31 bits per heavy atom. The number of aliphatic carboxylic acids is 1. The normalized spacial score (nSPS) is 22.3. The van der Waals surface area contributed by atoms with Crippen molar-refractivity contribution in [2.24, 2.45) is 0 Å². The van der Waals surface area contributed by atoms with Gasteiger partial charge in [-0.1, -0.05) is 0 Å². The van der Waals surface area contributed by atoms with Crippen molar-refractivity contribution in [3.63, 3.8) is 0 Å². The predicted octanol–water partition coefficient (Wildman–Crippen LogP) is -1.16. The number of hydrogen-bond acceptors (Lipinski definition) is 6. The van der Waals surface area contributed by atoms with E-state index in [1.165, 1.54) is 0 Å². The third-order valence-electron chi connectivity index (χ3n) is 1.08. The molecule has 0 amide bonds. The smallest absolute Gasteiger partial charge is 0.510 e. The minimum absolute atomic E-state index is 0.582. The van der Waals surface area contributed by atoms with Crippen molar-refractivity contribution in [3.8, 4) is 0 Å². The fourth-order valence-electron chi connectivity index (χ4n) is 0.583. The summed E-state index contributed by atoms with van der Waals surface area (Å²) in [4.78, 5) is 19.9. The highest BCUT2D eigenvalue weighted by molar-refractivity contribution is 5.71. The van der Waals surface area contributed by atoms with Crippen LogP contribution in [-0.2, 0) is 19.0 Å². The third kappa shape index (κ3) is 2.25. The van der Waals surface area contributed by atoms with E-state index in [1.807, 2.05) is 0 Å². The Morgan fingerprint density at radius 1 is 1.69 bits per heavy atom. The summed E-state index contributed by atoms with van der Waals surface area (Å²) in [6.07, 6.45) is -7.42. The molecule has 0 aromatic carbocycles. The Hall–Kier alpha value is -1.44. The van der Waals surface area contributed by atoms with Crippen LogP contribution in [0.4, 0.5) is 13.6 Å². The first-order valence-corrected chi connectivity index (χ1v) is 3.02. The van der Waals surface area contributed by atoms with Gasteiger partial charge in [0.2, 0.25) is 6.29 Å². The molecule has 0 bridgehead atoms. The van der Waals surface area contributed by atoms with Gasteiger partial charge in [0.25, 0.3) is 0 Å². The summed E-state index contributed by atoms with van der Waals surface area (Å²) in [5.41, 5.74) is 0. The van der Waals surface area contributed by atoms with Gasteiger partial charge in [0.05, 0.1) is 0 Å². The second-order valence-corrected chi connectivity index (χ2v) is 2.03. The van der Waals surface area contributed by atoms with E-state index in [4.69, 9.17) is 0 Å². The average molecular weight is 197 g/mol. The van der Waals surface area contributed by atoms with E-state index in [1.54, 1.807) is 0 Å². The highest BCUT2D eigenvalue weighted by atomic mass is 19.3. The summed E-state index contributed by atoms with van der Waals surface area (Å²) >= 11 is 0. The molecule has 1 saturated heterocycles. The largest absolute Gasteiger partial charge is 0.542 e. The number of carbonyl (C=O) groups is 2. The number of alkyl halides is 2. The van der Waals surface area contributed by atoms with Gasteiger partial charge in [0, 0.05) is 0 Å². The van der Waals surface area contributed by atoms with Gasteiger partial charge in [-0.25, -0.2) is 4.79 Å². The average Bonchev–Trinajstić information content (AvgIpc) is 2.34. The van der Waals surface area contributed by atoms with E-state index in [0.717, 1.165) is 0 Å². The lowest BCUT2D eigenvalue weighted by Crippen LogP contribution is -2.46. The molecule has 1 aliphatic heterocycles. The van der Waals surface area contributed by atoms with E-state index < -0.39 is 31.1 Å². The molecule has 74 valence electrons. The molecule has 1 unspecified atom stereocenters. The fourth-order valence-corrected chi connectivity index (χ4v) is 0.583. The van der Waals surface area contributed by atoms with Crippen molar-refractivity contribution in [3.05, 3.63) is 0 Å². The summed E-state index contributed by atoms with van der Waals surface area (Å²) in [7, 11) is 0. The van der Waals surface area contributed by atoms with E-state index >= 15 is 0 Å². The van der Waals surface area contributed by atoms with Crippen LogP contribution >= 0.6 is 0 Å². The number of halogens is 2. The summed E-state index contributed by atoms with van der Waals surface area (Å²) in [6.45, 7) is -0.582. The van der Waals surface area contributed by atoms with Gasteiger partial charge >= 0.3 is 12.3 Å². The van der Waals surface area contributed by atoms with Crippen molar-refractivity contribution in [2.45, 2.75) is 12.4 Å². The molecule has 0 spiro atoms. The third-order valence-corrected chi connectivity index (χ3v) is 1.08. The van der Waals surface area contributed by atoms with Gasteiger partial charge in [0.1, 0.15) is 5.97 Å². The molecule has 0 aromatic heterocycles. The molecule has 1 atom stereocenters. The monoisotopic (exact) mass is 197 g/mol. The molecule has 0 aromatic rings. The summed E-state index contributed by atoms with van der Waals surface area (Å²) in [6, 6.07) is 0. The van der Waals surface area contributed by atoms with E-state index in [-0.39, 0.29) is 0 Å². The maximum atomic E-state index is 12.2. The first kappa shape index (κ1) is 9.65. The number of ether oxygens (including phenoxy) is 3. The second-order valence-electron chi connectivity index (χ2n) is 2.03. The molecular formula is C5H3F2O6-. The van der Waals surface area contributed by atoms with Crippen molar-refractivity contribution in [2.75, 3.05) is 6.61 Å². The van der Waals surface area contributed by atoms with Crippen LogP contribution in [0.2, 0.25) is 0 Å². The lowest BCUT2D eigenvalue weighted by molar-refractivity contribution is -0.377. The van der Waals surface area contributed by atoms with Gasteiger partial charge in [-0.15, -0.1) is 0 Å². The number of cyclic esters (lactones) is 2. The van der Waals surface area contributed by atoms with Crippen LogP contribution in [0.3, 0.4) is 0 Å². The quantitative estimate of drug-likeness (QED) is 0.530. The number of hydrogen-bond donors (Lipinski definition) is 0. The molecule has 0 radical (unpaired) electrons. The molecule has 1 aliphatic rings. The summed E-state index contributed by atoms with van der Waals surface area (Å²) in [5, 5.41) is 9.72. The molecule has 1 fully saturated rings. The van der Waals surface area contributed by atoms with Gasteiger partial charge in [-0.2, -0.15) is 8.78 Å². The van der Waals surface area contributed by atoms with Gasteiger partial charge in [0.15, 0.2) is 6.61 Å². The van der Waals surface area contributed by atoms with Crippen molar-refractivity contribution >= 4 is 12.1 Å². The number of carboxylic acid groups (broad SMARTS) is 1. The first-order chi connectivity index (χ1) is 5.92. The topological polar surface area (TPSA) is 84.9 Å². The van der Waals surface area contributed by atoms with Crippen LogP contribution < -0.4 is 5.11 Å². The lowest BCUT2D eigenvalue weighted by Gasteiger charge is -2.19. The van der Waals surface area contributed by atoms with Crippen LogP contribution in [0.1, 0.15) is 0 Å². The number of carbonyl (C=O) groups excluding carboxylic acids is 2. The van der Waals surface area contributed by atoms with Crippen molar-refractivity contribution in [1.82, 2.24) is 0 Å². The van der Waals surface area contributed by atoms with Gasteiger partial charge < -0.3 is 19.4 Å². The Labute approximate surface area is 70.0 Å². The fraction of sp³-hybridized carbons (Fsp3) is 0.600. The predicted molar refractivity (Wildman–Crippen MR) is 27.3 cm³/mol. The molecule has 1 heterocycles. The molecular weight excluding hydrogens is 194 g/mol. The van der Waals surface area contributed by atoms with Crippen molar-refractivity contribution < 1.29 is 37.7 Å². The van der Waals surface area contributed by atoms with Crippen molar-refractivity contribution in [1.29, 1.82) is 0 Å². The zero-order valence-electron chi connectivity index (χ0n) is 5.99. The summed E-state index contributed by atoms with van der Waals surface area (Å²) < 4.78 is 36.0. The molecule has 0 aliphatic carbocycles. The minimum Gasteiger partial charge on any atom is -0.542 e. The molecule has 0 saturated carbocycles. The molecule has 13 heavy (non-hydrogen) atoms. The maximum absolute atomic E-state index is 12.2. The van der Waals surface area contributed by atoms with E-state index in [2.05, 4.69) is 14.2 Å². The second kappa shape index (κ2) is 3.13. The van der Waals surface area contributed by atoms with Crippen LogP contribution in [0.15, 0.2) is 0 Å². The van der Waals surface area contributed by atoms with Gasteiger partial charge in [-0.05, 0) is 0 Å². The Bertz CT molecular complexity index is 239. The SMILES string of the molecule is O=C1OCC(OC(F)(F)C(=O)[O-])O1. The molecule has 6 nitrogen and oxygen atoms in total. The lowest BCUT2D eigenvalue weighted by atomic mass is 10.6. The van der Waals surface area contributed by atoms with E-state index in [9.17, 15) is 23.5 Å².